The van der Waals surface area contributed by atoms with Crippen LogP contribution in [0.25, 0.3) is 5.65 Å². The van der Waals surface area contributed by atoms with Crippen LogP contribution in [-0.4, -0.2) is 44.5 Å². The summed E-state index contributed by atoms with van der Waals surface area (Å²) < 4.78 is 45.7. The van der Waals surface area contributed by atoms with Crippen molar-refractivity contribution in [2.24, 2.45) is 5.92 Å². The monoisotopic (exact) mass is 378 g/mol. The van der Waals surface area contributed by atoms with Gasteiger partial charge in [-0.25, -0.2) is 0 Å². The molecule has 0 aromatic carbocycles. The van der Waals surface area contributed by atoms with Crippen molar-refractivity contribution in [1.82, 2.24) is 24.8 Å². The van der Waals surface area contributed by atoms with Gasteiger partial charge >= 0.3 is 6.18 Å². The third-order valence-electron chi connectivity index (χ3n) is 4.48. The second kappa shape index (κ2) is 7.01. The Labute approximate surface area is 152 Å². The van der Waals surface area contributed by atoms with E-state index in [9.17, 15) is 13.2 Å². The quantitative estimate of drug-likeness (QED) is 0.696. The van der Waals surface area contributed by atoms with Crippen molar-refractivity contribution in [3.05, 3.63) is 42.5 Å². The van der Waals surface area contributed by atoms with Crippen LogP contribution in [0.5, 0.6) is 5.75 Å². The first-order chi connectivity index (χ1) is 13.0. The van der Waals surface area contributed by atoms with Crippen molar-refractivity contribution in [3.63, 3.8) is 0 Å². The van der Waals surface area contributed by atoms with Crippen LogP contribution in [0.3, 0.4) is 0 Å². The van der Waals surface area contributed by atoms with Crippen molar-refractivity contribution in [1.29, 1.82) is 0 Å². The highest BCUT2D eigenvalue weighted by molar-refractivity contribution is 5.46. The zero-order valence-electron chi connectivity index (χ0n) is 14.3. The Bertz CT molecular complexity index is 914. The fourth-order valence-corrected chi connectivity index (χ4v) is 3.18. The SMILES string of the molecule is FC(F)(F)c1nnc2ccc(N3CCCC(COc4ccncc4)C3)nn12. The second-order valence-electron chi connectivity index (χ2n) is 6.43. The Kier molecular flexibility index (Phi) is 4.54. The molecule has 10 heteroatoms. The lowest BCUT2D eigenvalue weighted by Gasteiger charge is -2.33. The van der Waals surface area contributed by atoms with Gasteiger partial charge in [-0.3, -0.25) is 4.98 Å². The van der Waals surface area contributed by atoms with Crippen LogP contribution in [0.4, 0.5) is 19.0 Å². The van der Waals surface area contributed by atoms with E-state index in [4.69, 9.17) is 4.74 Å². The lowest BCUT2D eigenvalue weighted by Crippen LogP contribution is -2.38. The number of nitrogens with zero attached hydrogens (tertiary/aromatic N) is 6. The van der Waals surface area contributed by atoms with Gasteiger partial charge in [0.25, 0.3) is 5.82 Å². The smallest absolute Gasteiger partial charge is 0.453 e. The van der Waals surface area contributed by atoms with Crippen LogP contribution in [-0.2, 0) is 6.18 Å². The van der Waals surface area contributed by atoms with E-state index >= 15 is 0 Å². The van der Waals surface area contributed by atoms with Crippen LogP contribution in [0.15, 0.2) is 36.7 Å². The van der Waals surface area contributed by atoms with Crippen LogP contribution < -0.4 is 9.64 Å². The lowest BCUT2D eigenvalue weighted by atomic mass is 9.99. The van der Waals surface area contributed by atoms with Gasteiger partial charge in [-0.05, 0) is 37.1 Å². The predicted octanol–water partition coefficient (Wildman–Crippen LogP) is 2.83. The Morgan fingerprint density at radius 3 is 2.70 bits per heavy atom. The molecule has 1 atom stereocenters. The fraction of sp³-hybridized carbons (Fsp3) is 0.412. The van der Waals surface area contributed by atoms with Crippen molar-refractivity contribution in [3.8, 4) is 5.75 Å². The molecule has 1 aliphatic rings. The van der Waals surface area contributed by atoms with E-state index in [1.54, 1.807) is 30.6 Å². The summed E-state index contributed by atoms with van der Waals surface area (Å²) in [4.78, 5) is 5.92. The topological polar surface area (TPSA) is 68.4 Å². The van der Waals surface area contributed by atoms with Crippen LogP contribution >= 0.6 is 0 Å². The highest BCUT2D eigenvalue weighted by Gasteiger charge is 2.38. The Balaban J connectivity index is 1.49. The summed E-state index contributed by atoms with van der Waals surface area (Å²) >= 11 is 0. The molecule has 1 saturated heterocycles. The predicted molar refractivity (Wildman–Crippen MR) is 90.5 cm³/mol. The number of anilines is 1. The first kappa shape index (κ1) is 17.5. The number of halogens is 3. The van der Waals surface area contributed by atoms with E-state index in [1.165, 1.54) is 6.07 Å². The van der Waals surface area contributed by atoms with Crippen molar-refractivity contribution in [2.75, 3.05) is 24.6 Å². The molecule has 0 radical (unpaired) electrons. The number of hydrogen-bond acceptors (Lipinski definition) is 6. The molecular weight excluding hydrogens is 361 g/mol. The highest BCUT2D eigenvalue weighted by Crippen LogP contribution is 2.28. The fourth-order valence-electron chi connectivity index (χ4n) is 3.18. The summed E-state index contributed by atoms with van der Waals surface area (Å²) in [6.45, 7) is 1.92. The van der Waals surface area contributed by atoms with Crippen molar-refractivity contribution >= 4 is 11.5 Å². The first-order valence-corrected chi connectivity index (χ1v) is 8.58. The molecule has 0 amide bonds. The zero-order valence-corrected chi connectivity index (χ0v) is 14.3. The molecule has 0 spiro atoms. The molecule has 3 aromatic heterocycles. The summed E-state index contributed by atoms with van der Waals surface area (Å²) in [6, 6.07) is 6.76. The minimum absolute atomic E-state index is 0.0701. The lowest BCUT2D eigenvalue weighted by molar-refractivity contribution is -0.146. The van der Waals surface area contributed by atoms with Gasteiger partial charge in [0.05, 0.1) is 6.61 Å². The molecule has 1 unspecified atom stereocenters. The van der Waals surface area contributed by atoms with E-state index in [0.717, 1.165) is 29.7 Å². The largest absolute Gasteiger partial charge is 0.493 e. The number of alkyl halides is 3. The normalized spacial score (nSPS) is 18.0. The average Bonchev–Trinajstić information content (AvgIpc) is 3.11. The third kappa shape index (κ3) is 3.79. The van der Waals surface area contributed by atoms with Crippen LogP contribution in [0.1, 0.15) is 18.7 Å². The number of aromatic nitrogens is 5. The zero-order chi connectivity index (χ0) is 18.9. The molecule has 4 heterocycles. The second-order valence-corrected chi connectivity index (χ2v) is 6.43. The summed E-state index contributed by atoms with van der Waals surface area (Å²) in [7, 11) is 0. The number of rotatable bonds is 4. The average molecular weight is 378 g/mol. The standard InChI is InChI=1S/C17H17F3N6O/c18-17(19,20)16-23-22-14-3-4-15(24-26(14)16)25-9-1-2-12(10-25)11-27-13-5-7-21-8-6-13/h3-8,12H,1-2,9-11H2. The van der Waals surface area contributed by atoms with Crippen LogP contribution in [0.2, 0.25) is 0 Å². The maximum atomic E-state index is 13.1. The number of hydrogen-bond donors (Lipinski definition) is 0. The van der Waals surface area contributed by atoms with E-state index in [2.05, 4.69) is 20.3 Å². The van der Waals surface area contributed by atoms with Crippen LogP contribution in [0, 0.1) is 5.92 Å². The summed E-state index contributed by atoms with van der Waals surface area (Å²) in [6.07, 6.45) is 0.634. The number of fused-ring (bicyclic) bond motifs is 1. The molecule has 4 rings (SSSR count). The molecular formula is C17H17F3N6O. The van der Waals surface area contributed by atoms with Gasteiger partial charge in [-0.2, -0.15) is 17.7 Å². The number of piperidine rings is 1. The number of ether oxygens (including phenoxy) is 1. The molecule has 0 saturated carbocycles. The van der Waals surface area contributed by atoms with Crippen molar-refractivity contribution < 1.29 is 17.9 Å². The first-order valence-electron chi connectivity index (χ1n) is 8.58. The maximum absolute atomic E-state index is 13.1. The molecule has 0 bridgehead atoms. The van der Waals surface area contributed by atoms with Crippen molar-refractivity contribution in [2.45, 2.75) is 19.0 Å². The molecule has 7 nitrogen and oxygen atoms in total. The maximum Gasteiger partial charge on any atom is 0.453 e. The van der Waals surface area contributed by atoms with Gasteiger partial charge in [0.15, 0.2) is 5.65 Å². The molecule has 142 valence electrons. The van der Waals surface area contributed by atoms with Gasteiger partial charge in [-0.1, -0.05) is 0 Å². The van der Waals surface area contributed by atoms with E-state index in [1.807, 2.05) is 4.90 Å². The molecule has 1 aliphatic heterocycles. The minimum atomic E-state index is -4.60. The summed E-state index contributed by atoms with van der Waals surface area (Å²) in [5.74, 6) is 0.365. The van der Waals surface area contributed by atoms with Gasteiger partial charge in [0.1, 0.15) is 11.6 Å². The highest BCUT2D eigenvalue weighted by atomic mass is 19.4. The molecule has 1 fully saturated rings. The van der Waals surface area contributed by atoms with E-state index in [-0.39, 0.29) is 11.6 Å². The van der Waals surface area contributed by atoms with Gasteiger partial charge in [0.2, 0.25) is 0 Å². The van der Waals surface area contributed by atoms with E-state index in [0.29, 0.717) is 19.0 Å². The Morgan fingerprint density at radius 1 is 1.11 bits per heavy atom. The molecule has 27 heavy (non-hydrogen) atoms. The van der Waals surface area contributed by atoms with Gasteiger partial charge in [-0.15, -0.1) is 15.3 Å². The molecule has 0 aliphatic carbocycles. The molecule has 0 N–H and O–H groups in total. The van der Waals surface area contributed by atoms with E-state index < -0.39 is 12.0 Å². The minimum Gasteiger partial charge on any atom is -0.493 e. The third-order valence-corrected chi connectivity index (χ3v) is 4.48. The summed E-state index contributed by atoms with van der Waals surface area (Å²) in [5.41, 5.74) is 0.0701. The Hall–Kier alpha value is -2.91. The Morgan fingerprint density at radius 2 is 1.93 bits per heavy atom. The summed E-state index contributed by atoms with van der Waals surface area (Å²) in [5, 5.41) is 10.9. The van der Waals surface area contributed by atoms with Gasteiger partial charge in [0, 0.05) is 31.4 Å². The molecule has 3 aromatic rings. The number of pyridine rings is 1. The van der Waals surface area contributed by atoms with Gasteiger partial charge < -0.3 is 9.64 Å².